The number of carbonyl (C=O) groups excluding carboxylic acids is 1. The number of benzene rings is 1. The quantitative estimate of drug-likeness (QED) is 0.805. The fourth-order valence-corrected chi connectivity index (χ4v) is 4.28. The number of sulfone groups is 1. The molecule has 0 spiro atoms. The van der Waals surface area contributed by atoms with Gasteiger partial charge in [-0.15, -0.1) is 0 Å². The van der Waals surface area contributed by atoms with Crippen LogP contribution in [0.3, 0.4) is 0 Å². The van der Waals surface area contributed by atoms with Crippen LogP contribution in [0.2, 0.25) is 0 Å². The van der Waals surface area contributed by atoms with Gasteiger partial charge in [0.1, 0.15) is 0 Å². The minimum absolute atomic E-state index is 0.0000359. The molecule has 1 aliphatic heterocycles. The second kappa shape index (κ2) is 8.81. The van der Waals surface area contributed by atoms with Crippen molar-refractivity contribution in [1.29, 1.82) is 0 Å². The van der Waals surface area contributed by atoms with Gasteiger partial charge in [0.2, 0.25) is 5.91 Å². The Morgan fingerprint density at radius 1 is 1.24 bits per heavy atom. The number of hydrogen-bond acceptors (Lipinski definition) is 4. The molecule has 1 N–H and O–H groups in total. The lowest BCUT2D eigenvalue weighted by atomic mass is 9.98. The third-order valence-corrected chi connectivity index (χ3v) is 6.75. The summed E-state index contributed by atoms with van der Waals surface area (Å²) >= 11 is 0. The van der Waals surface area contributed by atoms with E-state index in [0.717, 1.165) is 24.6 Å². The van der Waals surface area contributed by atoms with E-state index in [2.05, 4.69) is 24.1 Å². The van der Waals surface area contributed by atoms with Crippen molar-refractivity contribution in [1.82, 2.24) is 10.2 Å². The molecule has 1 fully saturated rings. The standard InChI is InChI=1S/C19H30N2O3S/c1-15-4-6-18(7-5-15)25(23,24)13-10-19(22)20-14-17(3)21-11-8-16(2)9-12-21/h4-7,16-17H,8-14H2,1-3H3,(H,20,22). The van der Waals surface area contributed by atoms with Crippen LogP contribution in [-0.2, 0) is 14.6 Å². The topological polar surface area (TPSA) is 66.5 Å². The van der Waals surface area contributed by atoms with Gasteiger partial charge in [-0.25, -0.2) is 8.42 Å². The molecule has 0 bridgehead atoms. The summed E-state index contributed by atoms with van der Waals surface area (Å²) < 4.78 is 24.6. The largest absolute Gasteiger partial charge is 0.355 e. The first-order valence-electron chi connectivity index (χ1n) is 9.08. The predicted molar refractivity (Wildman–Crippen MR) is 100 cm³/mol. The van der Waals surface area contributed by atoms with Crippen LogP contribution in [-0.4, -0.2) is 50.7 Å². The van der Waals surface area contributed by atoms with Gasteiger partial charge in [0.05, 0.1) is 10.6 Å². The molecule has 6 heteroatoms. The second-order valence-corrected chi connectivity index (χ2v) is 9.36. The van der Waals surface area contributed by atoms with E-state index in [4.69, 9.17) is 0 Å². The van der Waals surface area contributed by atoms with E-state index in [9.17, 15) is 13.2 Å². The molecule has 0 radical (unpaired) electrons. The van der Waals surface area contributed by atoms with Crippen LogP contribution in [0.25, 0.3) is 0 Å². The molecule has 1 amide bonds. The molecule has 1 aromatic carbocycles. The number of amides is 1. The number of rotatable bonds is 7. The fourth-order valence-electron chi connectivity index (χ4n) is 3.04. The van der Waals surface area contributed by atoms with Crippen molar-refractivity contribution in [3.8, 4) is 0 Å². The first-order chi connectivity index (χ1) is 11.8. The molecule has 25 heavy (non-hydrogen) atoms. The van der Waals surface area contributed by atoms with Crippen LogP contribution in [0.1, 0.15) is 38.7 Å². The van der Waals surface area contributed by atoms with Crippen molar-refractivity contribution >= 4 is 15.7 Å². The molecule has 0 aliphatic carbocycles. The van der Waals surface area contributed by atoms with Gasteiger partial charge < -0.3 is 5.32 Å². The molecule has 1 heterocycles. The number of nitrogens with zero attached hydrogens (tertiary/aromatic N) is 1. The van der Waals surface area contributed by atoms with Gasteiger partial charge in [0.25, 0.3) is 0 Å². The van der Waals surface area contributed by atoms with E-state index in [1.165, 1.54) is 12.8 Å². The first kappa shape index (κ1) is 19.9. The number of nitrogens with one attached hydrogen (secondary N) is 1. The normalized spacial score (nSPS) is 18.0. The van der Waals surface area contributed by atoms with Crippen LogP contribution >= 0.6 is 0 Å². The maximum atomic E-state index is 12.3. The van der Waals surface area contributed by atoms with Crippen LogP contribution in [0, 0.1) is 12.8 Å². The van der Waals surface area contributed by atoms with E-state index < -0.39 is 9.84 Å². The summed E-state index contributed by atoms with van der Waals surface area (Å²) in [6.07, 6.45) is 2.40. The van der Waals surface area contributed by atoms with E-state index in [0.29, 0.717) is 6.54 Å². The van der Waals surface area contributed by atoms with Crippen molar-refractivity contribution in [3.05, 3.63) is 29.8 Å². The summed E-state index contributed by atoms with van der Waals surface area (Å²) in [5.74, 6) is 0.426. The highest BCUT2D eigenvalue weighted by molar-refractivity contribution is 7.91. The highest BCUT2D eigenvalue weighted by Gasteiger charge is 2.21. The summed E-state index contributed by atoms with van der Waals surface area (Å²) in [5.41, 5.74) is 1.01. The van der Waals surface area contributed by atoms with Gasteiger partial charge in [0, 0.05) is 19.0 Å². The number of carbonyl (C=O) groups is 1. The maximum Gasteiger partial charge on any atom is 0.221 e. The zero-order chi connectivity index (χ0) is 18.4. The monoisotopic (exact) mass is 366 g/mol. The van der Waals surface area contributed by atoms with Crippen molar-refractivity contribution in [2.24, 2.45) is 5.92 Å². The molecule has 1 aromatic rings. The fraction of sp³-hybridized carbons (Fsp3) is 0.632. The summed E-state index contributed by atoms with van der Waals surface area (Å²) in [6.45, 7) is 9.00. The van der Waals surface area contributed by atoms with Gasteiger partial charge >= 0.3 is 0 Å². The van der Waals surface area contributed by atoms with Gasteiger partial charge in [-0.05, 0) is 57.8 Å². The number of aryl methyl sites for hydroxylation is 1. The maximum absolute atomic E-state index is 12.3. The average Bonchev–Trinajstić information content (AvgIpc) is 2.59. The SMILES string of the molecule is Cc1ccc(S(=O)(=O)CCC(=O)NCC(C)N2CCC(C)CC2)cc1. The van der Waals surface area contributed by atoms with Gasteiger partial charge in [-0.1, -0.05) is 24.6 Å². The van der Waals surface area contributed by atoms with E-state index in [1.807, 2.05) is 6.92 Å². The minimum atomic E-state index is -3.41. The average molecular weight is 367 g/mol. The van der Waals surface area contributed by atoms with Gasteiger partial charge in [0.15, 0.2) is 9.84 Å². The zero-order valence-corrected chi connectivity index (χ0v) is 16.3. The summed E-state index contributed by atoms with van der Waals surface area (Å²) in [6, 6.07) is 7.02. The Morgan fingerprint density at radius 2 is 1.84 bits per heavy atom. The molecule has 0 aromatic heterocycles. The van der Waals surface area contributed by atoms with Crippen molar-refractivity contribution < 1.29 is 13.2 Å². The number of hydrogen-bond donors (Lipinski definition) is 1. The Balaban J connectivity index is 1.75. The molecule has 1 atom stereocenters. The molecular weight excluding hydrogens is 336 g/mol. The molecule has 1 unspecified atom stereocenters. The van der Waals surface area contributed by atoms with E-state index in [1.54, 1.807) is 24.3 Å². The van der Waals surface area contributed by atoms with Crippen LogP contribution in [0.15, 0.2) is 29.2 Å². The number of piperidine rings is 1. The van der Waals surface area contributed by atoms with Crippen LogP contribution in [0.4, 0.5) is 0 Å². The Kier molecular flexibility index (Phi) is 7.02. The molecule has 1 saturated heterocycles. The Hall–Kier alpha value is -1.40. The Labute approximate surface area is 151 Å². The Morgan fingerprint density at radius 3 is 2.44 bits per heavy atom. The second-order valence-electron chi connectivity index (χ2n) is 7.25. The highest BCUT2D eigenvalue weighted by atomic mass is 32.2. The lowest BCUT2D eigenvalue weighted by Gasteiger charge is -2.35. The third kappa shape index (κ3) is 6.12. The number of likely N-dealkylation sites (tertiary alicyclic amines) is 1. The first-order valence-corrected chi connectivity index (χ1v) is 10.7. The molecule has 1 aliphatic rings. The highest BCUT2D eigenvalue weighted by Crippen LogP contribution is 2.17. The molecule has 0 saturated carbocycles. The van der Waals surface area contributed by atoms with Gasteiger partial charge in [-0.3, -0.25) is 9.69 Å². The van der Waals surface area contributed by atoms with Crippen molar-refractivity contribution in [3.63, 3.8) is 0 Å². The zero-order valence-electron chi connectivity index (χ0n) is 15.5. The molecule has 2 rings (SSSR count). The molecule has 140 valence electrons. The third-order valence-electron chi connectivity index (χ3n) is 5.01. The minimum Gasteiger partial charge on any atom is -0.355 e. The molecular formula is C19H30N2O3S. The lowest BCUT2D eigenvalue weighted by Crippen LogP contribution is -2.45. The van der Waals surface area contributed by atoms with Gasteiger partial charge in [-0.2, -0.15) is 0 Å². The smallest absolute Gasteiger partial charge is 0.221 e. The van der Waals surface area contributed by atoms with Crippen molar-refractivity contribution in [2.45, 2.75) is 51.0 Å². The van der Waals surface area contributed by atoms with E-state index >= 15 is 0 Å². The summed E-state index contributed by atoms with van der Waals surface area (Å²) in [5, 5.41) is 2.88. The van der Waals surface area contributed by atoms with Crippen LogP contribution in [0.5, 0.6) is 0 Å². The lowest BCUT2D eigenvalue weighted by molar-refractivity contribution is -0.120. The van der Waals surface area contributed by atoms with Crippen molar-refractivity contribution in [2.75, 3.05) is 25.4 Å². The summed E-state index contributed by atoms with van der Waals surface area (Å²) in [7, 11) is -3.41. The Bertz CT molecular complexity index is 662. The predicted octanol–water partition coefficient (Wildman–Crippen LogP) is 2.40. The van der Waals surface area contributed by atoms with E-state index in [-0.39, 0.29) is 29.0 Å². The van der Waals surface area contributed by atoms with Crippen LogP contribution < -0.4 is 5.32 Å². The summed E-state index contributed by atoms with van der Waals surface area (Å²) in [4.78, 5) is 14.7. The molecule has 5 nitrogen and oxygen atoms in total.